The number of hydrogen-bond acceptors (Lipinski definition) is 2. The second-order valence-corrected chi connectivity index (χ2v) is 4.29. The fraction of sp³-hybridized carbons (Fsp3) is 0.900. The molecule has 0 aromatic heterocycles. The molecule has 1 saturated carbocycles. The summed E-state index contributed by atoms with van der Waals surface area (Å²) in [6.07, 6.45) is 4.86. The Balaban J connectivity index is 2.11. The summed E-state index contributed by atoms with van der Waals surface area (Å²) in [7, 11) is 2.12. The third-order valence-corrected chi connectivity index (χ3v) is 2.85. The van der Waals surface area contributed by atoms with Crippen LogP contribution >= 0.6 is 0 Å². The molecule has 1 aliphatic carbocycles. The number of rotatable bonds is 6. The Kier molecular flexibility index (Phi) is 3.72. The van der Waals surface area contributed by atoms with Crippen molar-refractivity contribution in [1.29, 1.82) is 5.41 Å². The molecule has 0 saturated heterocycles. The molecule has 13 heavy (non-hydrogen) atoms. The second kappa shape index (κ2) is 4.61. The molecule has 0 heterocycles. The molecule has 0 aromatic rings. The van der Waals surface area contributed by atoms with Crippen molar-refractivity contribution < 1.29 is 0 Å². The fourth-order valence-electron chi connectivity index (χ4n) is 1.49. The van der Waals surface area contributed by atoms with E-state index in [1.807, 2.05) is 0 Å². The monoisotopic (exact) mass is 183 g/mol. The Morgan fingerprint density at radius 1 is 1.62 bits per heavy atom. The van der Waals surface area contributed by atoms with Gasteiger partial charge in [-0.1, -0.05) is 12.8 Å². The molecule has 3 heteroatoms. The van der Waals surface area contributed by atoms with E-state index in [1.54, 1.807) is 0 Å². The number of amidine groups is 1. The molecule has 0 amide bonds. The van der Waals surface area contributed by atoms with Gasteiger partial charge in [0.1, 0.15) is 0 Å². The van der Waals surface area contributed by atoms with Crippen LogP contribution in [0.2, 0.25) is 0 Å². The Hall–Kier alpha value is -0.570. The highest BCUT2D eigenvalue weighted by molar-refractivity contribution is 5.77. The maximum Gasteiger partial charge on any atom is 0.0920 e. The quantitative estimate of drug-likeness (QED) is 0.483. The normalized spacial score (nSPS) is 19.0. The van der Waals surface area contributed by atoms with Gasteiger partial charge in [-0.15, -0.1) is 0 Å². The van der Waals surface area contributed by atoms with E-state index in [0.717, 1.165) is 12.5 Å². The minimum Gasteiger partial charge on any atom is -0.388 e. The van der Waals surface area contributed by atoms with Crippen molar-refractivity contribution in [2.45, 2.75) is 38.6 Å². The first-order valence-corrected chi connectivity index (χ1v) is 5.12. The summed E-state index contributed by atoms with van der Waals surface area (Å²) in [5, 5.41) is 7.20. The molecule has 1 atom stereocenters. The van der Waals surface area contributed by atoms with Crippen molar-refractivity contribution >= 4 is 5.84 Å². The van der Waals surface area contributed by atoms with E-state index in [4.69, 9.17) is 11.1 Å². The first-order valence-electron chi connectivity index (χ1n) is 5.12. The lowest BCUT2D eigenvalue weighted by atomic mass is 10.2. The highest BCUT2D eigenvalue weighted by Gasteiger charge is 2.22. The van der Waals surface area contributed by atoms with Crippen molar-refractivity contribution in [1.82, 2.24) is 4.90 Å². The smallest absolute Gasteiger partial charge is 0.0920 e. The standard InChI is InChI=1S/C10H21N3/c1-8(7-10(11)12)13(2)6-5-9-3-4-9/h8-9H,3-7H2,1-2H3,(H3,11,12). The van der Waals surface area contributed by atoms with Crippen LogP contribution in [0.5, 0.6) is 0 Å². The predicted octanol–water partition coefficient (Wildman–Crippen LogP) is 1.43. The third kappa shape index (κ3) is 4.27. The van der Waals surface area contributed by atoms with Crippen molar-refractivity contribution in [3.8, 4) is 0 Å². The van der Waals surface area contributed by atoms with Crippen molar-refractivity contribution in [3.05, 3.63) is 0 Å². The molecule has 1 rings (SSSR count). The topological polar surface area (TPSA) is 53.1 Å². The molecule has 0 aromatic carbocycles. The van der Waals surface area contributed by atoms with Gasteiger partial charge in [0.05, 0.1) is 5.84 Å². The largest absolute Gasteiger partial charge is 0.388 e. The summed E-state index contributed by atoms with van der Waals surface area (Å²) in [5.41, 5.74) is 5.36. The maximum atomic E-state index is 7.20. The summed E-state index contributed by atoms with van der Waals surface area (Å²) < 4.78 is 0. The van der Waals surface area contributed by atoms with Crippen molar-refractivity contribution in [3.63, 3.8) is 0 Å². The molecule has 3 nitrogen and oxygen atoms in total. The van der Waals surface area contributed by atoms with E-state index in [2.05, 4.69) is 18.9 Å². The molecule has 3 N–H and O–H groups in total. The molecule has 0 radical (unpaired) electrons. The van der Waals surface area contributed by atoms with Gasteiger partial charge in [-0.3, -0.25) is 5.41 Å². The van der Waals surface area contributed by atoms with Crippen LogP contribution in [0.3, 0.4) is 0 Å². The highest BCUT2D eigenvalue weighted by Crippen LogP contribution is 2.32. The maximum absolute atomic E-state index is 7.20. The van der Waals surface area contributed by atoms with E-state index in [-0.39, 0.29) is 0 Å². The third-order valence-electron chi connectivity index (χ3n) is 2.85. The van der Waals surface area contributed by atoms with Gasteiger partial charge >= 0.3 is 0 Å². The first-order chi connectivity index (χ1) is 6.09. The van der Waals surface area contributed by atoms with Crippen molar-refractivity contribution in [2.75, 3.05) is 13.6 Å². The summed E-state index contributed by atoms with van der Waals surface area (Å²) in [5.74, 6) is 1.29. The van der Waals surface area contributed by atoms with Crippen LogP contribution in [-0.4, -0.2) is 30.4 Å². The zero-order valence-electron chi connectivity index (χ0n) is 8.71. The van der Waals surface area contributed by atoms with Gasteiger partial charge in [0, 0.05) is 12.5 Å². The first kappa shape index (κ1) is 10.5. The molecule has 0 aliphatic heterocycles. The molecular formula is C10H21N3. The number of nitrogens with zero attached hydrogens (tertiary/aromatic N) is 1. The average Bonchev–Trinajstić information content (AvgIpc) is 2.81. The minimum atomic E-state index is 0.297. The van der Waals surface area contributed by atoms with E-state index >= 15 is 0 Å². The van der Waals surface area contributed by atoms with Gasteiger partial charge in [-0.2, -0.15) is 0 Å². The summed E-state index contributed by atoms with van der Waals surface area (Å²) in [6, 6.07) is 0.413. The molecule has 1 aliphatic rings. The average molecular weight is 183 g/mol. The summed E-state index contributed by atoms with van der Waals surface area (Å²) in [6.45, 7) is 3.29. The lowest BCUT2D eigenvalue weighted by molar-refractivity contribution is 0.255. The molecular weight excluding hydrogens is 162 g/mol. The zero-order valence-corrected chi connectivity index (χ0v) is 8.71. The summed E-state index contributed by atoms with van der Waals surface area (Å²) >= 11 is 0. The SMILES string of the molecule is CC(CC(=N)N)N(C)CCC1CC1. The molecule has 0 spiro atoms. The zero-order chi connectivity index (χ0) is 9.84. The van der Waals surface area contributed by atoms with Crippen LogP contribution in [0.4, 0.5) is 0 Å². The Morgan fingerprint density at radius 3 is 2.69 bits per heavy atom. The van der Waals surface area contributed by atoms with Gasteiger partial charge in [0.2, 0.25) is 0 Å². The molecule has 1 fully saturated rings. The second-order valence-electron chi connectivity index (χ2n) is 4.29. The van der Waals surface area contributed by atoms with Gasteiger partial charge in [-0.05, 0) is 32.9 Å². The predicted molar refractivity (Wildman–Crippen MR) is 56.0 cm³/mol. The fourth-order valence-corrected chi connectivity index (χ4v) is 1.49. The van der Waals surface area contributed by atoms with Gasteiger partial charge in [0.15, 0.2) is 0 Å². The molecule has 0 bridgehead atoms. The van der Waals surface area contributed by atoms with Crippen LogP contribution in [0, 0.1) is 11.3 Å². The van der Waals surface area contributed by atoms with Gasteiger partial charge < -0.3 is 10.6 Å². The number of nitrogens with one attached hydrogen (secondary N) is 1. The number of nitrogens with two attached hydrogens (primary N) is 1. The lowest BCUT2D eigenvalue weighted by Gasteiger charge is -2.24. The molecule has 1 unspecified atom stereocenters. The lowest BCUT2D eigenvalue weighted by Crippen LogP contribution is -2.33. The Labute approximate surface area is 80.8 Å². The van der Waals surface area contributed by atoms with Crippen molar-refractivity contribution in [2.24, 2.45) is 11.7 Å². The van der Waals surface area contributed by atoms with Crippen LogP contribution in [0.25, 0.3) is 0 Å². The van der Waals surface area contributed by atoms with Crippen LogP contribution in [-0.2, 0) is 0 Å². The summed E-state index contributed by atoms with van der Waals surface area (Å²) in [4.78, 5) is 2.31. The number of hydrogen-bond donors (Lipinski definition) is 2. The highest BCUT2D eigenvalue weighted by atomic mass is 15.1. The van der Waals surface area contributed by atoms with Gasteiger partial charge in [0.25, 0.3) is 0 Å². The van der Waals surface area contributed by atoms with Crippen LogP contribution in [0.1, 0.15) is 32.6 Å². The molecule has 76 valence electrons. The van der Waals surface area contributed by atoms with Crippen LogP contribution < -0.4 is 5.73 Å². The minimum absolute atomic E-state index is 0.297. The van der Waals surface area contributed by atoms with Gasteiger partial charge in [-0.25, -0.2) is 0 Å². The van der Waals surface area contributed by atoms with Crippen LogP contribution in [0.15, 0.2) is 0 Å². The van der Waals surface area contributed by atoms with E-state index in [0.29, 0.717) is 18.3 Å². The van der Waals surface area contributed by atoms with E-state index in [9.17, 15) is 0 Å². The van der Waals surface area contributed by atoms with E-state index < -0.39 is 0 Å². The Morgan fingerprint density at radius 2 is 2.23 bits per heavy atom. The van der Waals surface area contributed by atoms with E-state index in [1.165, 1.54) is 19.3 Å². The Bertz CT molecular complexity index is 175.